The maximum absolute atomic E-state index is 12.2. The number of benzene rings is 1. The lowest BCUT2D eigenvalue weighted by atomic mass is 9.85. The Kier molecular flexibility index (Phi) is 3.64. The van der Waals surface area contributed by atoms with Gasteiger partial charge in [-0.2, -0.15) is 5.10 Å². The number of anilines is 1. The monoisotopic (exact) mass is 285 g/mol. The third-order valence-corrected chi connectivity index (χ3v) is 4.03. The van der Waals surface area contributed by atoms with Crippen molar-refractivity contribution in [1.29, 1.82) is 0 Å². The summed E-state index contributed by atoms with van der Waals surface area (Å²) in [6, 6.07) is 7.65. The van der Waals surface area contributed by atoms with Gasteiger partial charge in [-0.1, -0.05) is 6.42 Å². The van der Waals surface area contributed by atoms with E-state index in [0.29, 0.717) is 0 Å². The molecule has 2 N–H and O–H groups in total. The van der Waals surface area contributed by atoms with E-state index in [4.69, 9.17) is 4.74 Å². The summed E-state index contributed by atoms with van der Waals surface area (Å²) in [5, 5.41) is 10.3. The molecular formula is C16H19N3O2. The van der Waals surface area contributed by atoms with Gasteiger partial charge in [-0.25, -0.2) is 0 Å². The van der Waals surface area contributed by atoms with E-state index < -0.39 is 0 Å². The number of hydrogen-bond donors (Lipinski definition) is 2. The number of ether oxygens (including phenoxy) is 1. The van der Waals surface area contributed by atoms with Crippen molar-refractivity contribution >= 4 is 11.6 Å². The Balaban J connectivity index is 1.86. The van der Waals surface area contributed by atoms with E-state index >= 15 is 0 Å². The summed E-state index contributed by atoms with van der Waals surface area (Å²) >= 11 is 0. The van der Waals surface area contributed by atoms with Crippen molar-refractivity contribution in [3.05, 3.63) is 30.0 Å². The zero-order chi connectivity index (χ0) is 14.8. The van der Waals surface area contributed by atoms with Crippen LogP contribution < -0.4 is 10.1 Å². The normalized spacial score (nSPS) is 14.6. The second-order valence-corrected chi connectivity index (χ2v) is 5.42. The highest BCUT2D eigenvalue weighted by atomic mass is 16.5. The second-order valence-electron chi connectivity index (χ2n) is 5.42. The van der Waals surface area contributed by atoms with Crippen LogP contribution in [0.1, 0.15) is 25.0 Å². The third-order valence-electron chi connectivity index (χ3n) is 4.03. The molecule has 0 radical (unpaired) electrons. The number of H-pyrrole nitrogens is 1. The van der Waals surface area contributed by atoms with Crippen molar-refractivity contribution in [2.45, 2.75) is 26.2 Å². The molecule has 0 bridgehead atoms. The number of nitrogens with zero attached hydrogens (tertiary/aromatic N) is 1. The van der Waals surface area contributed by atoms with Gasteiger partial charge in [-0.15, -0.1) is 0 Å². The number of aromatic nitrogens is 2. The first-order valence-electron chi connectivity index (χ1n) is 7.19. The van der Waals surface area contributed by atoms with Gasteiger partial charge in [0.05, 0.1) is 18.5 Å². The highest BCUT2D eigenvalue weighted by Crippen LogP contribution is 2.32. The number of aromatic amines is 1. The van der Waals surface area contributed by atoms with Gasteiger partial charge in [0.15, 0.2) is 0 Å². The summed E-state index contributed by atoms with van der Waals surface area (Å²) in [4.78, 5) is 12.2. The van der Waals surface area contributed by atoms with Crippen LogP contribution in [0.5, 0.6) is 5.75 Å². The van der Waals surface area contributed by atoms with Gasteiger partial charge in [0.25, 0.3) is 0 Å². The van der Waals surface area contributed by atoms with Crippen molar-refractivity contribution in [1.82, 2.24) is 10.2 Å². The van der Waals surface area contributed by atoms with E-state index in [2.05, 4.69) is 15.5 Å². The standard InChI is InChI=1S/C16H19N3O2/c1-10-14(17-16(20)12-4-3-5-12)15(19-18-10)11-6-8-13(21-2)9-7-11/h6-9,12H,3-5H2,1-2H3,(H,17,20)(H,18,19). The van der Waals surface area contributed by atoms with Gasteiger partial charge in [0, 0.05) is 11.5 Å². The van der Waals surface area contributed by atoms with Crippen molar-refractivity contribution in [3.8, 4) is 17.0 Å². The molecule has 1 aromatic carbocycles. The minimum absolute atomic E-state index is 0.0977. The molecule has 3 rings (SSSR count). The molecule has 1 aliphatic rings. The molecule has 2 aromatic rings. The Morgan fingerprint density at radius 3 is 2.62 bits per heavy atom. The quantitative estimate of drug-likeness (QED) is 0.907. The summed E-state index contributed by atoms with van der Waals surface area (Å²) in [6.07, 6.45) is 3.12. The summed E-state index contributed by atoms with van der Waals surface area (Å²) in [5.74, 6) is 1.05. The first kappa shape index (κ1) is 13.7. The van der Waals surface area contributed by atoms with Crippen LogP contribution in [0.15, 0.2) is 24.3 Å². The Bertz CT molecular complexity index is 642. The number of amides is 1. The third kappa shape index (κ3) is 2.63. The van der Waals surface area contributed by atoms with E-state index in [1.165, 1.54) is 0 Å². The summed E-state index contributed by atoms with van der Waals surface area (Å²) in [7, 11) is 1.64. The molecule has 0 saturated heterocycles. The van der Waals surface area contributed by atoms with Crippen molar-refractivity contribution < 1.29 is 9.53 Å². The number of carbonyl (C=O) groups excluding carboxylic acids is 1. The molecule has 0 unspecified atom stereocenters. The summed E-state index contributed by atoms with van der Waals surface area (Å²) in [5.41, 5.74) is 3.36. The Hall–Kier alpha value is -2.30. The first-order chi connectivity index (χ1) is 10.2. The lowest BCUT2D eigenvalue weighted by molar-refractivity contribution is -0.122. The Labute approximate surface area is 123 Å². The Morgan fingerprint density at radius 2 is 2.05 bits per heavy atom. The molecule has 21 heavy (non-hydrogen) atoms. The molecule has 110 valence electrons. The van der Waals surface area contributed by atoms with Gasteiger partial charge >= 0.3 is 0 Å². The highest BCUT2D eigenvalue weighted by Gasteiger charge is 2.26. The molecule has 0 spiro atoms. The number of nitrogens with one attached hydrogen (secondary N) is 2. The van der Waals surface area contributed by atoms with E-state index in [1.54, 1.807) is 7.11 Å². The molecule has 1 aliphatic carbocycles. The largest absolute Gasteiger partial charge is 0.497 e. The summed E-state index contributed by atoms with van der Waals surface area (Å²) in [6.45, 7) is 1.91. The van der Waals surface area contributed by atoms with Crippen LogP contribution in [0.4, 0.5) is 5.69 Å². The van der Waals surface area contributed by atoms with E-state index in [1.807, 2.05) is 31.2 Å². The number of aryl methyl sites for hydroxylation is 1. The van der Waals surface area contributed by atoms with Crippen LogP contribution in [0, 0.1) is 12.8 Å². The van der Waals surface area contributed by atoms with Gasteiger partial charge in [0.2, 0.25) is 5.91 Å². The molecule has 1 saturated carbocycles. The predicted molar refractivity (Wildman–Crippen MR) is 81.3 cm³/mol. The lowest BCUT2D eigenvalue weighted by Gasteiger charge is -2.24. The van der Waals surface area contributed by atoms with Crippen molar-refractivity contribution in [2.24, 2.45) is 5.92 Å². The zero-order valence-corrected chi connectivity index (χ0v) is 12.3. The average Bonchev–Trinajstić information content (AvgIpc) is 2.78. The number of carbonyl (C=O) groups is 1. The van der Waals surface area contributed by atoms with Crippen LogP contribution >= 0.6 is 0 Å². The van der Waals surface area contributed by atoms with Crippen molar-refractivity contribution in [3.63, 3.8) is 0 Å². The fourth-order valence-electron chi connectivity index (χ4n) is 2.44. The fraction of sp³-hybridized carbons (Fsp3) is 0.375. The average molecular weight is 285 g/mol. The SMILES string of the molecule is COc1ccc(-c2n[nH]c(C)c2NC(=O)C2CCC2)cc1. The second kappa shape index (κ2) is 5.60. The van der Waals surface area contributed by atoms with E-state index in [-0.39, 0.29) is 11.8 Å². The van der Waals surface area contributed by atoms with Crippen LogP contribution in [-0.4, -0.2) is 23.2 Å². The molecular weight excluding hydrogens is 266 g/mol. The molecule has 0 aliphatic heterocycles. The topological polar surface area (TPSA) is 67.0 Å². The molecule has 0 atom stereocenters. The molecule has 1 amide bonds. The predicted octanol–water partition coefficient (Wildman–Crippen LogP) is 3.13. The maximum Gasteiger partial charge on any atom is 0.227 e. The van der Waals surface area contributed by atoms with Gasteiger partial charge < -0.3 is 10.1 Å². The van der Waals surface area contributed by atoms with Crippen molar-refractivity contribution in [2.75, 3.05) is 12.4 Å². The first-order valence-corrected chi connectivity index (χ1v) is 7.19. The molecule has 1 fully saturated rings. The van der Waals surface area contributed by atoms with E-state index in [0.717, 1.165) is 47.7 Å². The molecule has 1 heterocycles. The molecule has 1 aromatic heterocycles. The van der Waals surface area contributed by atoms with Crippen LogP contribution in [0.2, 0.25) is 0 Å². The lowest BCUT2D eigenvalue weighted by Crippen LogP contribution is -2.28. The number of hydrogen-bond acceptors (Lipinski definition) is 3. The van der Waals surface area contributed by atoms with Crippen LogP contribution in [0.3, 0.4) is 0 Å². The summed E-state index contributed by atoms with van der Waals surface area (Å²) < 4.78 is 5.16. The zero-order valence-electron chi connectivity index (χ0n) is 12.3. The minimum Gasteiger partial charge on any atom is -0.497 e. The number of methoxy groups -OCH3 is 1. The fourth-order valence-corrected chi connectivity index (χ4v) is 2.44. The molecule has 5 heteroatoms. The van der Waals surface area contributed by atoms with Crippen LogP contribution in [0.25, 0.3) is 11.3 Å². The highest BCUT2D eigenvalue weighted by molar-refractivity contribution is 5.97. The smallest absolute Gasteiger partial charge is 0.227 e. The van der Waals surface area contributed by atoms with Crippen LogP contribution in [-0.2, 0) is 4.79 Å². The molecule has 5 nitrogen and oxygen atoms in total. The Morgan fingerprint density at radius 1 is 1.33 bits per heavy atom. The van der Waals surface area contributed by atoms with Gasteiger partial charge in [-0.3, -0.25) is 9.89 Å². The van der Waals surface area contributed by atoms with Gasteiger partial charge in [0.1, 0.15) is 11.4 Å². The maximum atomic E-state index is 12.2. The van der Waals surface area contributed by atoms with Gasteiger partial charge in [-0.05, 0) is 44.0 Å². The van der Waals surface area contributed by atoms with E-state index in [9.17, 15) is 4.79 Å². The number of rotatable bonds is 4. The minimum atomic E-state index is 0.0977.